The average Bonchev–Trinajstić information content (AvgIpc) is 2.89. The van der Waals surface area contributed by atoms with E-state index in [0.717, 1.165) is 10.0 Å². The summed E-state index contributed by atoms with van der Waals surface area (Å²) in [6.45, 7) is 0. The predicted octanol–water partition coefficient (Wildman–Crippen LogP) is 3.04. The lowest BCUT2D eigenvalue weighted by atomic mass is 10.2. The van der Waals surface area contributed by atoms with Crippen LogP contribution in [0.4, 0.5) is 0 Å². The first-order valence-electron chi connectivity index (χ1n) is 5.98. The van der Waals surface area contributed by atoms with Crippen molar-refractivity contribution in [3.63, 3.8) is 0 Å². The minimum atomic E-state index is 0.393. The molecule has 0 amide bonds. The topological polar surface area (TPSA) is 71.8 Å². The number of rotatable bonds is 3. The second-order valence-electron chi connectivity index (χ2n) is 4.05. The molecular weight excluding hydrogens is 352 g/mol. The van der Waals surface area contributed by atoms with E-state index in [-0.39, 0.29) is 0 Å². The molecule has 0 fully saturated rings. The monoisotopic (exact) mass is 360 g/mol. The summed E-state index contributed by atoms with van der Waals surface area (Å²) in [5.74, 6) is 0.515. The van der Waals surface area contributed by atoms with Crippen molar-refractivity contribution in [1.82, 2.24) is 24.8 Å². The molecule has 0 saturated heterocycles. The summed E-state index contributed by atoms with van der Waals surface area (Å²) in [4.78, 5) is 8.22. The van der Waals surface area contributed by atoms with E-state index < -0.39 is 0 Å². The minimum absolute atomic E-state index is 0.393. The van der Waals surface area contributed by atoms with Gasteiger partial charge in [-0.3, -0.25) is 4.98 Å². The zero-order chi connectivity index (χ0) is 14.7. The molecule has 0 aliphatic heterocycles. The lowest BCUT2D eigenvalue weighted by molar-refractivity contribution is 0.866. The maximum absolute atomic E-state index is 5.18. The number of aromatic nitrogens is 5. The Labute approximate surface area is 133 Å². The van der Waals surface area contributed by atoms with Gasteiger partial charge in [-0.05, 0) is 29.9 Å². The molecule has 8 heteroatoms. The Morgan fingerprint density at radius 2 is 2.05 bits per heavy atom. The van der Waals surface area contributed by atoms with Crippen LogP contribution in [0.2, 0.25) is 0 Å². The van der Waals surface area contributed by atoms with Crippen LogP contribution in [0.25, 0.3) is 11.5 Å². The fourth-order valence-electron chi connectivity index (χ4n) is 1.65. The highest BCUT2D eigenvalue weighted by Crippen LogP contribution is 2.13. The average molecular weight is 361 g/mol. The molecule has 0 spiro atoms. The Bertz CT molecular complexity index is 822. The first-order valence-corrected chi connectivity index (χ1v) is 7.18. The third-order valence-electron chi connectivity index (χ3n) is 2.63. The summed E-state index contributed by atoms with van der Waals surface area (Å²) < 4.78 is 2.92. The highest BCUT2D eigenvalue weighted by atomic mass is 79.9. The third kappa shape index (κ3) is 3.11. The second-order valence-corrected chi connectivity index (χ2v) is 5.35. The molecule has 0 unspecified atom stereocenters. The molecule has 0 aliphatic carbocycles. The summed E-state index contributed by atoms with van der Waals surface area (Å²) in [6.07, 6.45) is 6.50. The molecule has 1 aromatic carbocycles. The first kappa shape index (κ1) is 13.8. The van der Waals surface area contributed by atoms with E-state index in [1.54, 1.807) is 24.8 Å². The Morgan fingerprint density at radius 1 is 1.24 bits per heavy atom. The number of hydrogen-bond acceptors (Lipinski definition) is 5. The van der Waals surface area contributed by atoms with E-state index in [2.05, 4.69) is 41.2 Å². The van der Waals surface area contributed by atoms with Gasteiger partial charge in [0.05, 0.1) is 12.4 Å². The number of aromatic amines is 1. The number of nitrogens with one attached hydrogen (secondary N) is 1. The van der Waals surface area contributed by atoms with E-state index in [1.807, 2.05) is 24.3 Å². The SMILES string of the molecule is S=c1[nH]nc(-c2cnccn2)n1/N=C/c1ccc(Br)cc1. The summed E-state index contributed by atoms with van der Waals surface area (Å²) in [6, 6.07) is 7.78. The van der Waals surface area contributed by atoms with E-state index in [1.165, 1.54) is 4.68 Å². The Morgan fingerprint density at radius 3 is 2.76 bits per heavy atom. The third-order valence-corrected chi connectivity index (χ3v) is 3.43. The van der Waals surface area contributed by atoms with Crippen LogP contribution in [-0.2, 0) is 0 Å². The molecule has 3 rings (SSSR count). The quantitative estimate of drug-likeness (QED) is 0.575. The first-order chi connectivity index (χ1) is 10.2. The summed E-state index contributed by atoms with van der Waals surface area (Å²) in [7, 11) is 0. The van der Waals surface area contributed by atoms with Crippen molar-refractivity contribution < 1.29 is 0 Å². The number of hydrogen-bond donors (Lipinski definition) is 1. The van der Waals surface area contributed by atoms with Gasteiger partial charge in [0.2, 0.25) is 10.6 Å². The standard InChI is InChI=1S/C13H9BrN6S/c14-10-3-1-9(2-4-10)7-17-20-12(18-19-13(20)21)11-8-15-5-6-16-11/h1-8H,(H,19,21)/b17-7+. The van der Waals surface area contributed by atoms with Crippen LogP contribution in [-0.4, -0.2) is 31.1 Å². The van der Waals surface area contributed by atoms with E-state index >= 15 is 0 Å². The lowest BCUT2D eigenvalue weighted by Crippen LogP contribution is -1.96. The van der Waals surface area contributed by atoms with Gasteiger partial charge in [0.15, 0.2) is 0 Å². The molecule has 3 aromatic rings. The molecule has 0 radical (unpaired) electrons. The molecule has 104 valence electrons. The summed E-state index contributed by atoms with van der Waals surface area (Å²) in [5, 5.41) is 11.2. The maximum Gasteiger partial charge on any atom is 0.216 e. The van der Waals surface area contributed by atoms with Crippen molar-refractivity contribution in [3.8, 4) is 11.5 Å². The van der Waals surface area contributed by atoms with Crippen LogP contribution in [0, 0.1) is 4.77 Å². The Kier molecular flexibility index (Phi) is 3.98. The number of nitrogens with zero attached hydrogens (tertiary/aromatic N) is 5. The number of benzene rings is 1. The Balaban J connectivity index is 1.98. The van der Waals surface area contributed by atoms with Crippen LogP contribution in [0.15, 0.2) is 52.4 Å². The van der Waals surface area contributed by atoms with E-state index in [4.69, 9.17) is 12.2 Å². The van der Waals surface area contributed by atoms with Crippen molar-refractivity contribution in [1.29, 1.82) is 0 Å². The summed E-state index contributed by atoms with van der Waals surface area (Å²) >= 11 is 8.58. The fraction of sp³-hybridized carbons (Fsp3) is 0. The minimum Gasteiger partial charge on any atom is -0.261 e. The van der Waals surface area contributed by atoms with Gasteiger partial charge in [-0.25, -0.2) is 10.1 Å². The van der Waals surface area contributed by atoms with Crippen LogP contribution in [0.5, 0.6) is 0 Å². The molecule has 2 heterocycles. The van der Waals surface area contributed by atoms with Crippen molar-refractivity contribution in [2.75, 3.05) is 0 Å². The van der Waals surface area contributed by atoms with Crippen LogP contribution >= 0.6 is 28.1 Å². The van der Waals surface area contributed by atoms with Crippen LogP contribution in [0.1, 0.15) is 5.56 Å². The van der Waals surface area contributed by atoms with Crippen LogP contribution in [0.3, 0.4) is 0 Å². The van der Waals surface area contributed by atoms with Crippen molar-refractivity contribution in [2.45, 2.75) is 0 Å². The molecule has 0 bridgehead atoms. The highest BCUT2D eigenvalue weighted by Gasteiger charge is 2.08. The van der Waals surface area contributed by atoms with Gasteiger partial charge < -0.3 is 0 Å². The summed E-state index contributed by atoms with van der Waals surface area (Å²) in [5.41, 5.74) is 1.55. The largest absolute Gasteiger partial charge is 0.261 e. The molecule has 21 heavy (non-hydrogen) atoms. The predicted molar refractivity (Wildman–Crippen MR) is 85.6 cm³/mol. The molecule has 0 aliphatic rings. The van der Waals surface area contributed by atoms with Gasteiger partial charge >= 0.3 is 0 Å². The molecule has 0 atom stereocenters. The van der Waals surface area contributed by atoms with Gasteiger partial charge in [-0.15, -0.1) is 0 Å². The van der Waals surface area contributed by atoms with Crippen molar-refractivity contribution >= 4 is 34.4 Å². The molecule has 0 saturated carbocycles. The van der Waals surface area contributed by atoms with Gasteiger partial charge in [-0.2, -0.15) is 14.9 Å². The normalized spacial score (nSPS) is 11.1. The molecule has 1 N–H and O–H groups in total. The van der Waals surface area contributed by atoms with Gasteiger partial charge in [0.25, 0.3) is 0 Å². The molecular formula is C13H9BrN6S. The number of halogens is 1. The molecule has 2 aromatic heterocycles. The zero-order valence-corrected chi connectivity index (χ0v) is 13.0. The number of H-pyrrole nitrogens is 1. The Hall–Kier alpha value is -2.19. The van der Waals surface area contributed by atoms with Gasteiger partial charge in [-0.1, -0.05) is 28.1 Å². The lowest BCUT2D eigenvalue weighted by Gasteiger charge is -1.99. The van der Waals surface area contributed by atoms with Gasteiger partial charge in [0.1, 0.15) is 5.69 Å². The fourth-order valence-corrected chi connectivity index (χ4v) is 2.10. The van der Waals surface area contributed by atoms with Crippen molar-refractivity contribution in [3.05, 3.63) is 57.7 Å². The smallest absolute Gasteiger partial charge is 0.216 e. The van der Waals surface area contributed by atoms with Gasteiger partial charge in [0, 0.05) is 16.9 Å². The zero-order valence-electron chi connectivity index (χ0n) is 10.6. The van der Waals surface area contributed by atoms with Crippen molar-refractivity contribution in [2.24, 2.45) is 5.10 Å². The maximum atomic E-state index is 5.18. The van der Waals surface area contributed by atoms with E-state index in [9.17, 15) is 0 Å². The highest BCUT2D eigenvalue weighted by molar-refractivity contribution is 9.10. The van der Waals surface area contributed by atoms with Crippen LogP contribution < -0.4 is 0 Å². The molecule has 6 nitrogen and oxygen atoms in total. The second kappa shape index (κ2) is 6.06. The van der Waals surface area contributed by atoms with E-state index in [0.29, 0.717) is 16.3 Å².